The van der Waals surface area contributed by atoms with Gasteiger partial charge in [-0.25, -0.2) is 4.39 Å². The first-order chi connectivity index (χ1) is 10.6. The summed E-state index contributed by atoms with van der Waals surface area (Å²) in [4.78, 5) is 15.5. The highest BCUT2D eigenvalue weighted by molar-refractivity contribution is 5.76. The number of hydrogen-bond donors (Lipinski definition) is 0. The smallest absolute Gasteiger partial charge is 0.246 e. The second kappa shape index (κ2) is 6.21. The normalized spacial score (nSPS) is 18.5. The average molecular weight is 303 g/mol. The van der Waals surface area contributed by atoms with Gasteiger partial charge in [-0.2, -0.15) is 4.80 Å². The highest BCUT2D eigenvalue weighted by atomic mass is 19.1. The number of tetrazole rings is 1. The van der Waals surface area contributed by atoms with Crippen LogP contribution in [0.25, 0.3) is 11.4 Å². The van der Waals surface area contributed by atoms with Gasteiger partial charge in [0, 0.05) is 18.2 Å². The lowest BCUT2D eigenvalue weighted by Crippen LogP contribution is -2.43. The molecule has 1 atom stereocenters. The van der Waals surface area contributed by atoms with E-state index in [9.17, 15) is 9.18 Å². The molecule has 0 radical (unpaired) electrons. The van der Waals surface area contributed by atoms with Crippen LogP contribution in [-0.2, 0) is 11.3 Å². The highest BCUT2D eigenvalue weighted by Gasteiger charge is 2.23. The van der Waals surface area contributed by atoms with Gasteiger partial charge >= 0.3 is 0 Å². The zero-order valence-corrected chi connectivity index (χ0v) is 12.4. The van der Waals surface area contributed by atoms with E-state index in [1.165, 1.54) is 23.4 Å². The Balaban J connectivity index is 1.68. The van der Waals surface area contributed by atoms with Gasteiger partial charge in [0.25, 0.3) is 0 Å². The van der Waals surface area contributed by atoms with Crippen molar-refractivity contribution in [3.8, 4) is 11.4 Å². The van der Waals surface area contributed by atoms with Gasteiger partial charge in [-0.15, -0.1) is 10.2 Å². The Hall–Kier alpha value is -2.31. The van der Waals surface area contributed by atoms with Crippen molar-refractivity contribution in [3.63, 3.8) is 0 Å². The number of carbonyl (C=O) groups is 1. The van der Waals surface area contributed by atoms with Crippen LogP contribution in [0.15, 0.2) is 24.3 Å². The van der Waals surface area contributed by atoms with Crippen molar-refractivity contribution < 1.29 is 9.18 Å². The number of amides is 1. The average Bonchev–Trinajstić information content (AvgIpc) is 2.97. The van der Waals surface area contributed by atoms with Gasteiger partial charge in [-0.3, -0.25) is 4.79 Å². The number of aromatic nitrogens is 4. The molecule has 0 spiro atoms. The molecule has 1 saturated heterocycles. The number of likely N-dealkylation sites (tertiary alicyclic amines) is 1. The summed E-state index contributed by atoms with van der Waals surface area (Å²) in [6.45, 7) is 2.94. The maximum absolute atomic E-state index is 12.9. The first-order valence-corrected chi connectivity index (χ1v) is 7.47. The molecule has 0 bridgehead atoms. The van der Waals surface area contributed by atoms with E-state index in [2.05, 4.69) is 22.3 Å². The molecule has 6 nitrogen and oxygen atoms in total. The largest absolute Gasteiger partial charge is 0.338 e. The molecular weight excluding hydrogens is 285 g/mol. The number of halogens is 1. The van der Waals surface area contributed by atoms with Crippen LogP contribution in [0.3, 0.4) is 0 Å². The molecular formula is C15H18FN5O. The molecule has 1 aliphatic heterocycles. The van der Waals surface area contributed by atoms with Gasteiger partial charge in [0.2, 0.25) is 11.7 Å². The van der Waals surface area contributed by atoms with E-state index < -0.39 is 0 Å². The Morgan fingerprint density at radius 3 is 2.82 bits per heavy atom. The first kappa shape index (κ1) is 14.6. The number of nitrogens with zero attached hydrogens (tertiary/aromatic N) is 5. The fourth-order valence-electron chi connectivity index (χ4n) is 2.71. The van der Waals surface area contributed by atoms with E-state index in [0.29, 0.717) is 11.4 Å². The number of piperidine rings is 1. The third-order valence-corrected chi connectivity index (χ3v) is 3.96. The molecule has 0 unspecified atom stereocenters. The second-order valence-corrected chi connectivity index (χ2v) is 5.58. The Bertz CT molecular complexity index is 654. The van der Waals surface area contributed by atoms with E-state index in [0.717, 1.165) is 19.4 Å². The van der Waals surface area contributed by atoms with Crippen molar-refractivity contribution in [2.75, 3.05) is 6.54 Å². The lowest BCUT2D eigenvalue weighted by Gasteiger charge is -2.33. The molecule has 1 aromatic heterocycles. The molecule has 2 aromatic rings. The molecule has 1 amide bonds. The van der Waals surface area contributed by atoms with E-state index in [1.54, 1.807) is 12.1 Å². The highest BCUT2D eigenvalue weighted by Crippen LogP contribution is 2.17. The van der Waals surface area contributed by atoms with Crippen molar-refractivity contribution in [2.45, 2.75) is 38.8 Å². The van der Waals surface area contributed by atoms with Crippen LogP contribution in [0.4, 0.5) is 4.39 Å². The predicted molar refractivity (Wildman–Crippen MR) is 78.2 cm³/mol. The van der Waals surface area contributed by atoms with E-state index in [4.69, 9.17) is 0 Å². The summed E-state index contributed by atoms with van der Waals surface area (Å²) in [6, 6.07) is 6.13. The van der Waals surface area contributed by atoms with Gasteiger partial charge in [0.05, 0.1) is 0 Å². The number of benzene rings is 1. The van der Waals surface area contributed by atoms with Crippen LogP contribution in [0, 0.1) is 5.82 Å². The Morgan fingerprint density at radius 2 is 2.09 bits per heavy atom. The molecule has 3 rings (SSSR count). The number of hydrogen-bond acceptors (Lipinski definition) is 4. The van der Waals surface area contributed by atoms with Gasteiger partial charge in [-0.05, 0) is 55.7 Å². The summed E-state index contributed by atoms with van der Waals surface area (Å²) in [7, 11) is 0. The molecule has 1 aromatic carbocycles. The summed E-state index contributed by atoms with van der Waals surface area (Å²) in [6.07, 6.45) is 3.25. The maximum Gasteiger partial charge on any atom is 0.246 e. The zero-order valence-electron chi connectivity index (χ0n) is 12.4. The van der Waals surface area contributed by atoms with Gasteiger partial charge in [0.1, 0.15) is 12.4 Å². The quantitative estimate of drug-likeness (QED) is 0.868. The molecule has 1 aliphatic rings. The topological polar surface area (TPSA) is 63.9 Å². The summed E-state index contributed by atoms with van der Waals surface area (Å²) >= 11 is 0. The van der Waals surface area contributed by atoms with Crippen molar-refractivity contribution in [1.82, 2.24) is 25.1 Å². The Morgan fingerprint density at radius 1 is 1.32 bits per heavy atom. The standard InChI is InChI=1S/C15H18FN5O/c1-11-4-2-3-9-20(11)14(22)10-21-18-15(17-19-21)12-5-7-13(16)8-6-12/h5-8,11H,2-4,9-10H2,1H3/t11-/m1/s1. The fraction of sp³-hybridized carbons (Fsp3) is 0.467. The lowest BCUT2D eigenvalue weighted by molar-refractivity contribution is -0.135. The number of carbonyl (C=O) groups excluding carboxylic acids is 1. The fourth-order valence-corrected chi connectivity index (χ4v) is 2.71. The minimum Gasteiger partial charge on any atom is -0.338 e. The monoisotopic (exact) mass is 303 g/mol. The third-order valence-electron chi connectivity index (χ3n) is 3.96. The summed E-state index contributed by atoms with van der Waals surface area (Å²) in [5.74, 6) is 0.0835. The Kier molecular flexibility index (Phi) is 4.13. The maximum atomic E-state index is 12.9. The zero-order chi connectivity index (χ0) is 15.5. The van der Waals surface area contributed by atoms with Crippen LogP contribution in [0.5, 0.6) is 0 Å². The molecule has 2 heterocycles. The molecule has 0 aliphatic carbocycles. The SMILES string of the molecule is C[C@@H]1CCCCN1C(=O)Cn1nnc(-c2ccc(F)cc2)n1. The minimum absolute atomic E-state index is 0.00950. The van der Waals surface area contributed by atoms with E-state index in [1.807, 2.05) is 4.90 Å². The van der Waals surface area contributed by atoms with Crippen LogP contribution >= 0.6 is 0 Å². The molecule has 7 heteroatoms. The second-order valence-electron chi connectivity index (χ2n) is 5.58. The van der Waals surface area contributed by atoms with E-state index in [-0.39, 0.29) is 24.3 Å². The number of rotatable bonds is 3. The molecule has 1 fully saturated rings. The van der Waals surface area contributed by atoms with Crippen molar-refractivity contribution in [2.24, 2.45) is 0 Å². The van der Waals surface area contributed by atoms with Gasteiger partial charge in [0.15, 0.2) is 0 Å². The molecule has 22 heavy (non-hydrogen) atoms. The van der Waals surface area contributed by atoms with E-state index >= 15 is 0 Å². The van der Waals surface area contributed by atoms with Crippen LogP contribution in [0.2, 0.25) is 0 Å². The van der Waals surface area contributed by atoms with Gasteiger partial charge < -0.3 is 4.90 Å². The van der Waals surface area contributed by atoms with Crippen molar-refractivity contribution >= 4 is 5.91 Å². The third kappa shape index (κ3) is 3.13. The first-order valence-electron chi connectivity index (χ1n) is 7.47. The van der Waals surface area contributed by atoms with Crippen LogP contribution < -0.4 is 0 Å². The Labute approximate surface area is 127 Å². The summed E-state index contributed by atoms with van der Waals surface area (Å²) < 4.78 is 12.9. The molecule has 0 N–H and O–H groups in total. The molecule has 0 saturated carbocycles. The minimum atomic E-state index is -0.314. The lowest BCUT2D eigenvalue weighted by atomic mass is 10.0. The predicted octanol–water partition coefficient (Wildman–Crippen LogP) is 1.88. The van der Waals surface area contributed by atoms with Gasteiger partial charge in [-0.1, -0.05) is 0 Å². The molecule has 116 valence electrons. The van der Waals surface area contributed by atoms with Crippen LogP contribution in [0.1, 0.15) is 26.2 Å². The van der Waals surface area contributed by atoms with Crippen molar-refractivity contribution in [1.29, 1.82) is 0 Å². The summed E-state index contributed by atoms with van der Waals surface area (Å²) in [5, 5.41) is 12.0. The summed E-state index contributed by atoms with van der Waals surface area (Å²) in [5.41, 5.74) is 0.673. The van der Waals surface area contributed by atoms with Crippen molar-refractivity contribution in [3.05, 3.63) is 30.1 Å². The van der Waals surface area contributed by atoms with Crippen LogP contribution in [-0.4, -0.2) is 43.6 Å².